The van der Waals surface area contributed by atoms with Crippen molar-refractivity contribution in [1.82, 2.24) is 14.8 Å². The van der Waals surface area contributed by atoms with Gasteiger partial charge < -0.3 is 9.80 Å². The van der Waals surface area contributed by atoms with E-state index in [4.69, 9.17) is 4.98 Å². The molecule has 4 heterocycles. The maximum Gasteiger partial charge on any atom is 0.264 e. The second-order valence-corrected chi connectivity index (χ2v) is 9.57. The van der Waals surface area contributed by atoms with E-state index in [1.54, 1.807) is 22.7 Å². The molecule has 0 radical (unpaired) electrons. The number of benzene rings is 1. The Kier molecular flexibility index (Phi) is 4.71. The fourth-order valence-corrected chi connectivity index (χ4v) is 6.23. The quantitative estimate of drug-likeness (QED) is 0.639. The van der Waals surface area contributed by atoms with E-state index in [9.17, 15) is 4.79 Å². The molecule has 1 amide bonds. The van der Waals surface area contributed by atoms with Crippen molar-refractivity contribution in [3.8, 4) is 9.88 Å². The number of amides is 1. The first-order valence-corrected chi connectivity index (χ1v) is 11.4. The number of thiazole rings is 1. The molecule has 0 spiro atoms. The molecule has 0 bridgehead atoms. The number of nitrogens with zero attached hydrogens (tertiary/aromatic N) is 3. The minimum Gasteiger partial charge on any atom is -0.334 e. The van der Waals surface area contributed by atoms with Crippen LogP contribution in [0.15, 0.2) is 36.4 Å². The van der Waals surface area contributed by atoms with Gasteiger partial charge in [-0.15, -0.1) is 22.7 Å². The molecule has 5 rings (SSSR count). The molecule has 2 aromatic heterocycles. The third-order valence-corrected chi connectivity index (χ3v) is 7.91. The molecular formula is C21H23N3OS2. The molecular weight excluding hydrogens is 374 g/mol. The number of hydrogen-bond donors (Lipinski definition) is 0. The highest BCUT2D eigenvalue weighted by Crippen LogP contribution is 2.35. The average molecular weight is 398 g/mol. The van der Waals surface area contributed by atoms with Crippen LogP contribution in [-0.4, -0.2) is 52.9 Å². The van der Waals surface area contributed by atoms with Crippen LogP contribution in [0.2, 0.25) is 0 Å². The monoisotopic (exact) mass is 397 g/mol. The summed E-state index contributed by atoms with van der Waals surface area (Å²) in [4.78, 5) is 24.5. The first-order valence-electron chi connectivity index (χ1n) is 9.77. The van der Waals surface area contributed by atoms with Gasteiger partial charge in [0.05, 0.1) is 20.0 Å². The molecule has 4 nitrogen and oxygen atoms in total. The Hall–Kier alpha value is -1.76. The Morgan fingerprint density at radius 1 is 1.04 bits per heavy atom. The van der Waals surface area contributed by atoms with E-state index in [-0.39, 0.29) is 5.91 Å². The van der Waals surface area contributed by atoms with Gasteiger partial charge in [0.1, 0.15) is 5.01 Å². The van der Waals surface area contributed by atoms with Crippen molar-refractivity contribution in [2.24, 2.45) is 0 Å². The largest absolute Gasteiger partial charge is 0.334 e. The Labute approximate surface area is 167 Å². The minimum absolute atomic E-state index is 0.203. The lowest BCUT2D eigenvalue weighted by Crippen LogP contribution is -2.42. The van der Waals surface area contributed by atoms with Crippen molar-refractivity contribution >= 4 is 38.8 Å². The lowest BCUT2D eigenvalue weighted by atomic mass is 10.2. The normalized spacial score (nSPS) is 20.7. The summed E-state index contributed by atoms with van der Waals surface area (Å²) in [6.45, 7) is 4.33. The fraction of sp³-hybridized carbons (Fsp3) is 0.429. The lowest BCUT2D eigenvalue weighted by molar-refractivity contribution is 0.0713. The Morgan fingerprint density at radius 3 is 2.74 bits per heavy atom. The van der Waals surface area contributed by atoms with Crippen LogP contribution in [0.25, 0.3) is 20.1 Å². The number of para-hydroxylation sites is 1. The van der Waals surface area contributed by atoms with E-state index >= 15 is 0 Å². The van der Waals surface area contributed by atoms with Crippen LogP contribution in [0.3, 0.4) is 0 Å². The molecule has 2 aliphatic rings. The molecule has 2 aliphatic heterocycles. The van der Waals surface area contributed by atoms with Crippen LogP contribution < -0.4 is 0 Å². The number of hydrogen-bond acceptors (Lipinski definition) is 5. The van der Waals surface area contributed by atoms with Gasteiger partial charge in [-0.3, -0.25) is 4.79 Å². The molecule has 0 aliphatic carbocycles. The zero-order chi connectivity index (χ0) is 18.2. The van der Waals surface area contributed by atoms with Gasteiger partial charge in [0.2, 0.25) is 0 Å². The van der Waals surface area contributed by atoms with E-state index in [0.29, 0.717) is 6.04 Å². The number of carbonyl (C=O) groups excluding carboxylic acids is 1. The highest BCUT2D eigenvalue weighted by Gasteiger charge is 2.32. The highest BCUT2D eigenvalue weighted by molar-refractivity contribution is 7.26. The van der Waals surface area contributed by atoms with E-state index < -0.39 is 0 Å². The molecule has 2 saturated heterocycles. The molecule has 1 unspecified atom stereocenters. The topological polar surface area (TPSA) is 36.4 Å². The summed E-state index contributed by atoms with van der Waals surface area (Å²) in [5, 5.41) is 1.01. The summed E-state index contributed by atoms with van der Waals surface area (Å²) in [5.74, 6) is 0.203. The molecule has 27 heavy (non-hydrogen) atoms. The number of thiophene rings is 1. The third kappa shape index (κ3) is 3.42. The van der Waals surface area contributed by atoms with Crippen LogP contribution in [0.4, 0.5) is 0 Å². The van der Waals surface area contributed by atoms with Gasteiger partial charge in [-0.05, 0) is 63.0 Å². The summed E-state index contributed by atoms with van der Waals surface area (Å²) in [6, 6.07) is 12.6. The predicted molar refractivity (Wildman–Crippen MR) is 113 cm³/mol. The van der Waals surface area contributed by atoms with Crippen molar-refractivity contribution in [1.29, 1.82) is 0 Å². The predicted octanol–water partition coefficient (Wildman–Crippen LogP) is 4.73. The van der Waals surface area contributed by atoms with Gasteiger partial charge in [0, 0.05) is 19.1 Å². The SMILES string of the molecule is O=C(c1ccc(-c2nc3ccccc3s2)s1)N1CCCC1CN1CCCC1. The van der Waals surface area contributed by atoms with Crippen LogP contribution >= 0.6 is 22.7 Å². The summed E-state index contributed by atoms with van der Waals surface area (Å²) < 4.78 is 1.19. The first-order chi connectivity index (χ1) is 13.3. The molecule has 3 aromatic rings. The zero-order valence-electron chi connectivity index (χ0n) is 15.3. The summed E-state index contributed by atoms with van der Waals surface area (Å²) >= 11 is 3.28. The first kappa shape index (κ1) is 17.3. The number of carbonyl (C=O) groups is 1. The minimum atomic E-state index is 0.203. The van der Waals surface area contributed by atoms with Crippen molar-refractivity contribution in [2.75, 3.05) is 26.2 Å². The smallest absolute Gasteiger partial charge is 0.264 e. The van der Waals surface area contributed by atoms with Gasteiger partial charge in [-0.1, -0.05) is 12.1 Å². The maximum absolute atomic E-state index is 13.1. The van der Waals surface area contributed by atoms with Crippen molar-refractivity contribution in [3.63, 3.8) is 0 Å². The van der Waals surface area contributed by atoms with Gasteiger partial charge in [-0.25, -0.2) is 4.98 Å². The summed E-state index contributed by atoms with van der Waals surface area (Å²) in [6.07, 6.45) is 4.87. The standard InChI is InChI=1S/C21H23N3OS2/c25-21(24-13-5-6-15(24)14-23-11-3-4-12-23)19-10-9-18(26-19)20-22-16-7-1-2-8-17(16)27-20/h1-2,7-10,15H,3-6,11-14H2. The van der Waals surface area contributed by atoms with Crippen LogP contribution in [-0.2, 0) is 0 Å². The number of fused-ring (bicyclic) bond motifs is 1. The third-order valence-electron chi connectivity index (χ3n) is 5.63. The molecule has 140 valence electrons. The van der Waals surface area contributed by atoms with Gasteiger partial charge in [0.15, 0.2) is 0 Å². The Balaban J connectivity index is 1.34. The fourth-order valence-electron chi connectivity index (χ4n) is 4.24. The summed E-state index contributed by atoms with van der Waals surface area (Å²) in [7, 11) is 0. The van der Waals surface area contributed by atoms with E-state index in [0.717, 1.165) is 46.2 Å². The van der Waals surface area contributed by atoms with Gasteiger partial charge in [0.25, 0.3) is 5.91 Å². The summed E-state index contributed by atoms with van der Waals surface area (Å²) in [5.41, 5.74) is 1.03. The van der Waals surface area contributed by atoms with Crippen molar-refractivity contribution in [3.05, 3.63) is 41.3 Å². The Morgan fingerprint density at radius 2 is 1.89 bits per heavy atom. The van der Waals surface area contributed by atoms with Crippen molar-refractivity contribution in [2.45, 2.75) is 31.7 Å². The van der Waals surface area contributed by atoms with Crippen LogP contribution in [0, 0.1) is 0 Å². The van der Waals surface area contributed by atoms with E-state index in [1.165, 1.54) is 30.6 Å². The lowest BCUT2D eigenvalue weighted by Gasteiger charge is -2.28. The molecule has 2 fully saturated rings. The number of likely N-dealkylation sites (tertiary alicyclic amines) is 2. The Bertz CT molecular complexity index is 924. The molecule has 6 heteroatoms. The zero-order valence-corrected chi connectivity index (χ0v) is 16.9. The highest BCUT2D eigenvalue weighted by atomic mass is 32.1. The molecule has 1 aromatic carbocycles. The average Bonchev–Trinajstić information content (AvgIpc) is 3.46. The van der Waals surface area contributed by atoms with E-state index in [2.05, 4.69) is 21.9 Å². The molecule has 0 saturated carbocycles. The molecule has 1 atom stereocenters. The number of aromatic nitrogens is 1. The van der Waals surface area contributed by atoms with Gasteiger partial charge in [-0.2, -0.15) is 0 Å². The maximum atomic E-state index is 13.1. The molecule has 0 N–H and O–H groups in total. The van der Waals surface area contributed by atoms with Crippen molar-refractivity contribution < 1.29 is 4.79 Å². The second-order valence-electron chi connectivity index (χ2n) is 7.45. The second kappa shape index (κ2) is 7.34. The van der Waals surface area contributed by atoms with E-state index in [1.807, 2.05) is 24.3 Å². The number of rotatable bonds is 4. The van der Waals surface area contributed by atoms with Crippen LogP contribution in [0.1, 0.15) is 35.4 Å². The van der Waals surface area contributed by atoms with Crippen LogP contribution in [0.5, 0.6) is 0 Å². The van der Waals surface area contributed by atoms with Gasteiger partial charge >= 0.3 is 0 Å².